The Hall–Kier alpha value is -3.68. The van der Waals surface area contributed by atoms with Gasteiger partial charge in [0.2, 0.25) is 0 Å². The predicted molar refractivity (Wildman–Crippen MR) is 134 cm³/mol. The normalized spacial score (nSPS) is 12.8. The molecule has 1 N–H and O–H groups in total. The van der Waals surface area contributed by atoms with Crippen LogP contribution in [0.25, 0.3) is 0 Å². The Labute approximate surface area is 212 Å². The highest BCUT2D eigenvalue weighted by Gasteiger charge is 2.37. The molecule has 0 radical (unpaired) electrons. The zero-order chi connectivity index (χ0) is 26.7. The molecule has 1 unspecified atom stereocenters. The number of ether oxygens (including phenoxy) is 2. The van der Waals surface area contributed by atoms with Crippen molar-refractivity contribution in [2.45, 2.75) is 59.3 Å². The molecule has 194 valence electrons. The number of ketones is 1. The number of amides is 1. The Morgan fingerprint density at radius 2 is 1.44 bits per heavy atom. The summed E-state index contributed by atoms with van der Waals surface area (Å²) >= 11 is 0. The zero-order valence-corrected chi connectivity index (χ0v) is 21.3. The van der Waals surface area contributed by atoms with E-state index in [-0.39, 0.29) is 38.3 Å². The molecule has 2 aromatic carbocycles. The number of aliphatic carboxylic acids is 1. The van der Waals surface area contributed by atoms with Crippen molar-refractivity contribution in [2.24, 2.45) is 11.8 Å². The van der Waals surface area contributed by atoms with Gasteiger partial charge in [-0.25, -0.2) is 4.79 Å². The number of carboxylic acid groups (broad SMARTS) is 1. The number of rotatable bonds is 12. The topological polar surface area (TPSA) is 110 Å². The van der Waals surface area contributed by atoms with E-state index >= 15 is 0 Å². The minimum absolute atomic E-state index is 0.0458. The molecule has 8 heteroatoms. The van der Waals surface area contributed by atoms with Crippen LogP contribution < -0.4 is 0 Å². The predicted octanol–water partition coefficient (Wildman–Crippen LogP) is 4.85. The van der Waals surface area contributed by atoms with Gasteiger partial charge in [0, 0.05) is 25.4 Å². The van der Waals surface area contributed by atoms with Gasteiger partial charge in [0.1, 0.15) is 18.0 Å². The second-order valence-corrected chi connectivity index (χ2v) is 9.70. The number of benzene rings is 2. The minimum Gasteiger partial charge on any atom is -0.481 e. The highest BCUT2D eigenvalue weighted by Crippen LogP contribution is 2.26. The van der Waals surface area contributed by atoms with Gasteiger partial charge in [0.25, 0.3) is 0 Å². The third kappa shape index (κ3) is 9.90. The van der Waals surface area contributed by atoms with Crippen LogP contribution in [0.15, 0.2) is 60.7 Å². The van der Waals surface area contributed by atoms with Gasteiger partial charge >= 0.3 is 18.0 Å². The third-order valence-corrected chi connectivity index (χ3v) is 5.48. The summed E-state index contributed by atoms with van der Waals surface area (Å²) in [6.45, 7) is 6.50. The van der Waals surface area contributed by atoms with Gasteiger partial charge in [-0.05, 0) is 45.2 Å². The molecule has 8 nitrogen and oxygen atoms in total. The molecule has 0 bridgehead atoms. The van der Waals surface area contributed by atoms with Gasteiger partial charge in [0.05, 0.1) is 5.92 Å². The fourth-order valence-electron chi connectivity index (χ4n) is 3.73. The molecule has 0 aliphatic heterocycles. The van der Waals surface area contributed by atoms with Crippen molar-refractivity contribution in [3.8, 4) is 0 Å². The molecule has 0 aromatic heterocycles. The first-order valence-electron chi connectivity index (χ1n) is 11.9. The summed E-state index contributed by atoms with van der Waals surface area (Å²) in [4.78, 5) is 51.6. The Bertz CT molecular complexity index is 1020. The smallest absolute Gasteiger partial charge is 0.410 e. The Kier molecular flexibility index (Phi) is 10.6. The van der Waals surface area contributed by atoms with Crippen molar-refractivity contribution in [1.29, 1.82) is 0 Å². The lowest BCUT2D eigenvalue weighted by Gasteiger charge is -2.31. The summed E-state index contributed by atoms with van der Waals surface area (Å²) in [6.07, 6.45) is -1.05. The van der Waals surface area contributed by atoms with Crippen LogP contribution in [0.4, 0.5) is 4.79 Å². The second kappa shape index (κ2) is 13.4. The summed E-state index contributed by atoms with van der Waals surface area (Å²) in [5.74, 6) is -4.09. The molecule has 0 saturated carbocycles. The number of carboxylic acids is 1. The van der Waals surface area contributed by atoms with E-state index in [9.17, 15) is 24.3 Å². The maximum Gasteiger partial charge on any atom is 0.410 e. The van der Waals surface area contributed by atoms with Crippen molar-refractivity contribution in [1.82, 2.24) is 4.90 Å². The quantitative estimate of drug-likeness (QED) is 0.417. The van der Waals surface area contributed by atoms with Gasteiger partial charge in [-0.3, -0.25) is 14.4 Å². The van der Waals surface area contributed by atoms with Crippen LogP contribution in [-0.2, 0) is 37.0 Å². The van der Waals surface area contributed by atoms with Gasteiger partial charge < -0.3 is 19.5 Å². The van der Waals surface area contributed by atoms with Crippen molar-refractivity contribution < 1.29 is 33.8 Å². The van der Waals surface area contributed by atoms with E-state index in [2.05, 4.69) is 0 Å². The molecule has 1 amide bonds. The van der Waals surface area contributed by atoms with E-state index in [0.717, 1.165) is 11.1 Å². The first-order chi connectivity index (χ1) is 17.0. The molecule has 36 heavy (non-hydrogen) atoms. The van der Waals surface area contributed by atoms with E-state index in [1.54, 1.807) is 20.8 Å². The zero-order valence-electron chi connectivity index (χ0n) is 21.3. The van der Waals surface area contributed by atoms with Crippen molar-refractivity contribution in [3.05, 3.63) is 71.8 Å². The molecule has 0 fully saturated rings. The van der Waals surface area contributed by atoms with Crippen LogP contribution in [0.5, 0.6) is 0 Å². The lowest BCUT2D eigenvalue weighted by atomic mass is 9.84. The molecule has 2 atom stereocenters. The summed E-state index contributed by atoms with van der Waals surface area (Å²) in [6, 6.07) is 18.4. The molecule has 0 heterocycles. The van der Waals surface area contributed by atoms with Crippen LogP contribution in [-0.4, -0.2) is 46.0 Å². The summed E-state index contributed by atoms with van der Waals surface area (Å²) in [7, 11) is 0. The number of carbonyl (C=O) groups excluding carboxylic acids is 3. The average Bonchev–Trinajstić information content (AvgIpc) is 2.81. The maximum absolute atomic E-state index is 13.1. The van der Waals surface area contributed by atoms with Crippen LogP contribution in [0.3, 0.4) is 0 Å². The number of Topliss-reactive ketones (excluding diaryl/α,β-unsaturated/α-hetero) is 1. The summed E-state index contributed by atoms with van der Waals surface area (Å²) < 4.78 is 11.0. The van der Waals surface area contributed by atoms with E-state index in [0.29, 0.717) is 0 Å². The molecule has 0 aliphatic rings. The summed E-state index contributed by atoms with van der Waals surface area (Å²) in [5, 5.41) is 9.22. The molecule has 0 spiro atoms. The Balaban J connectivity index is 2.31. The summed E-state index contributed by atoms with van der Waals surface area (Å²) in [5.41, 5.74) is 0.802. The lowest BCUT2D eigenvalue weighted by molar-refractivity contribution is -0.164. The van der Waals surface area contributed by atoms with Gasteiger partial charge in [-0.15, -0.1) is 0 Å². The molecule has 2 rings (SSSR count). The average molecular weight is 498 g/mol. The fraction of sp³-hybridized carbons (Fsp3) is 0.429. The highest BCUT2D eigenvalue weighted by atomic mass is 16.6. The largest absolute Gasteiger partial charge is 0.481 e. The number of hydrogen-bond acceptors (Lipinski definition) is 6. The molecular weight excluding hydrogens is 462 g/mol. The van der Waals surface area contributed by atoms with E-state index in [1.165, 1.54) is 11.8 Å². The Morgan fingerprint density at radius 3 is 1.94 bits per heavy atom. The van der Waals surface area contributed by atoms with Crippen molar-refractivity contribution in [2.75, 3.05) is 6.54 Å². The van der Waals surface area contributed by atoms with Gasteiger partial charge in [-0.2, -0.15) is 0 Å². The van der Waals surface area contributed by atoms with Gasteiger partial charge in [0.15, 0.2) is 0 Å². The standard InChI is InChI=1S/C28H35NO7/c1-20(30)24(23(15-16-25(31)32)26(33)36-28(2,3)4)18-29(17-21-11-7-5-8-12-21)27(34)35-19-22-13-9-6-10-14-22/h5-14,23-24H,15-19H2,1-4H3,(H,31,32)/t23-,24?/m0/s1. The van der Waals surface area contributed by atoms with E-state index < -0.39 is 35.5 Å². The van der Waals surface area contributed by atoms with Crippen molar-refractivity contribution >= 4 is 23.8 Å². The number of esters is 1. The van der Waals surface area contributed by atoms with Crippen LogP contribution in [0.1, 0.15) is 51.7 Å². The molecule has 0 aliphatic carbocycles. The van der Waals surface area contributed by atoms with Crippen LogP contribution in [0, 0.1) is 11.8 Å². The minimum atomic E-state index is -1.09. The van der Waals surface area contributed by atoms with E-state index in [1.807, 2.05) is 60.7 Å². The molecular formula is C28H35NO7. The second-order valence-electron chi connectivity index (χ2n) is 9.70. The monoisotopic (exact) mass is 497 g/mol. The van der Waals surface area contributed by atoms with Crippen molar-refractivity contribution in [3.63, 3.8) is 0 Å². The fourth-order valence-corrected chi connectivity index (χ4v) is 3.73. The lowest BCUT2D eigenvalue weighted by Crippen LogP contribution is -2.43. The number of hydrogen-bond donors (Lipinski definition) is 1. The third-order valence-electron chi connectivity index (χ3n) is 5.48. The number of nitrogens with zero attached hydrogens (tertiary/aromatic N) is 1. The molecule has 0 saturated heterocycles. The SMILES string of the molecule is CC(=O)C(CN(Cc1ccccc1)C(=O)OCc1ccccc1)[C@H](CCC(=O)O)C(=O)OC(C)(C)C. The maximum atomic E-state index is 13.1. The number of carbonyl (C=O) groups is 4. The van der Waals surface area contributed by atoms with Crippen LogP contribution >= 0.6 is 0 Å². The van der Waals surface area contributed by atoms with E-state index in [4.69, 9.17) is 9.47 Å². The molecule has 2 aromatic rings. The Morgan fingerprint density at radius 1 is 0.889 bits per heavy atom. The first kappa shape index (κ1) is 28.6. The van der Waals surface area contributed by atoms with Crippen LogP contribution in [0.2, 0.25) is 0 Å². The first-order valence-corrected chi connectivity index (χ1v) is 11.9. The van der Waals surface area contributed by atoms with Gasteiger partial charge in [-0.1, -0.05) is 60.7 Å². The highest BCUT2D eigenvalue weighted by molar-refractivity contribution is 5.86.